The number of hydrogen-bond acceptors (Lipinski definition) is 6. The predicted molar refractivity (Wildman–Crippen MR) is 105 cm³/mol. The first-order chi connectivity index (χ1) is 13.3. The molecule has 1 saturated carbocycles. The van der Waals surface area contributed by atoms with E-state index in [-0.39, 0.29) is 12.6 Å². The molecule has 1 aliphatic carbocycles. The van der Waals surface area contributed by atoms with Gasteiger partial charge in [-0.2, -0.15) is 17.0 Å². The van der Waals surface area contributed by atoms with Gasteiger partial charge in [0.15, 0.2) is 0 Å². The highest BCUT2D eigenvalue weighted by molar-refractivity contribution is 7.86. The second-order valence-corrected chi connectivity index (χ2v) is 9.28. The van der Waals surface area contributed by atoms with Crippen LogP contribution in [-0.4, -0.2) is 99.9 Å². The van der Waals surface area contributed by atoms with Crippen molar-refractivity contribution in [2.75, 3.05) is 60.0 Å². The average Bonchev–Trinajstić information content (AvgIpc) is 2.68. The Kier molecular flexibility index (Phi) is 9.09. The van der Waals surface area contributed by atoms with E-state index in [0.29, 0.717) is 39.3 Å². The first-order valence-electron chi connectivity index (χ1n) is 9.86. The highest BCUT2D eigenvalue weighted by atomic mass is 32.2. The van der Waals surface area contributed by atoms with E-state index in [1.807, 2.05) is 4.90 Å². The average molecular weight is 420 g/mol. The fourth-order valence-corrected chi connectivity index (χ4v) is 5.19. The molecular weight excluding hydrogens is 386 g/mol. The molecule has 0 bridgehead atoms. The van der Waals surface area contributed by atoms with E-state index in [1.54, 1.807) is 7.05 Å². The van der Waals surface area contributed by atoms with Crippen molar-refractivity contribution in [1.82, 2.24) is 24.1 Å². The van der Waals surface area contributed by atoms with Gasteiger partial charge in [0, 0.05) is 52.9 Å². The van der Waals surface area contributed by atoms with E-state index in [1.165, 1.54) is 22.1 Å². The van der Waals surface area contributed by atoms with Gasteiger partial charge in [0.05, 0.1) is 13.2 Å². The lowest BCUT2D eigenvalue weighted by Gasteiger charge is -2.38. The van der Waals surface area contributed by atoms with Crippen LogP contribution >= 0.6 is 0 Å². The van der Waals surface area contributed by atoms with Crippen molar-refractivity contribution in [1.29, 1.82) is 0 Å². The summed E-state index contributed by atoms with van der Waals surface area (Å²) >= 11 is 0. The molecule has 0 atom stereocenters. The van der Waals surface area contributed by atoms with Crippen LogP contribution in [0.5, 0.6) is 0 Å². The Balaban J connectivity index is 1.75. The molecule has 0 aromatic rings. The molecule has 0 unspecified atom stereocenters. The summed E-state index contributed by atoms with van der Waals surface area (Å²) in [5, 5.41) is 4.78. The summed E-state index contributed by atoms with van der Waals surface area (Å²) in [6, 6.07) is -0.475. The second-order valence-electron chi connectivity index (χ2n) is 7.29. The molecule has 10 nitrogen and oxygen atoms in total. The maximum atomic E-state index is 12.9. The summed E-state index contributed by atoms with van der Waals surface area (Å²) in [5.41, 5.74) is 0. The fraction of sp³-hybridized carbons (Fsp3) is 0.882. The smallest absolute Gasteiger partial charge is 0.321 e. The minimum Gasteiger partial charge on any atom is -0.383 e. The molecule has 2 fully saturated rings. The number of imide groups is 1. The summed E-state index contributed by atoms with van der Waals surface area (Å²) in [6.45, 7) is 2.34. The van der Waals surface area contributed by atoms with E-state index in [4.69, 9.17) is 4.74 Å². The molecule has 2 rings (SSSR count). The van der Waals surface area contributed by atoms with Crippen molar-refractivity contribution in [3.05, 3.63) is 0 Å². The SMILES string of the molecule is COCCNC(=O)NC(=O)CN1CCN(S(=O)(=O)N(C)C2CCCCC2)CC1. The van der Waals surface area contributed by atoms with Gasteiger partial charge in [-0.3, -0.25) is 15.0 Å². The molecule has 0 spiro atoms. The lowest BCUT2D eigenvalue weighted by atomic mass is 9.96. The Morgan fingerprint density at radius 3 is 2.36 bits per heavy atom. The maximum absolute atomic E-state index is 12.9. The minimum absolute atomic E-state index is 0.0596. The van der Waals surface area contributed by atoms with Crippen molar-refractivity contribution in [2.45, 2.75) is 38.1 Å². The molecule has 1 heterocycles. The highest BCUT2D eigenvalue weighted by Gasteiger charge is 2.34. The standard InChI is InChI=1S/C17H33N5O5S/c1-20(15-6-4-3-5-7-15)28(25,26)22-11-9-21(10-12-22)14-16(23)19-17(24)18-8-13-27-2/h15H,3-14H2,1-2H3,(H2,18,19,23,24). The predicted octanol–water partition coefficient (Wildman–Crippen LogP) is -0.414. The maximum Gasteiger partial charge on any atom is 0.321 e. The number of piperazine rings is 1. The third-order valence-electron chi connectivity index (χ3n) is 5.32. The summed E-state index contributed by atoms with van der Waals surface area (Å²) in [4.78, 5) is 25.4. The van der Waals surface area contributed by atoms with E-state index in [0.717, 1.165) is 25.7 Å². The number of amides is 3. The number of ether oxygens (including phenoxy) is 1. The van der Waals surface area contributed by atoms with E-state index in [2.05, 4.69) is 10.6 Å². The lowest BCUT2D eigenvalue weighted by molar-refractivity contribution is -0.121. The van der Waals surface area contributed by atoms with Crippen molar-refractivity contribution >= 4 is 22.1 Å². The first-order valence-corrected chi connectivity index (χ1v) is 11.3. The van der Waals surface area contributed by atoms with Crippen LogP contribution < -0.4 is 10.6 Å². The summed E-state index contributed by atoms with van der Waals surface area (Å²) < 4.78 is 33.6. The monoisotopic (exact) mass is 419 g/mol. The molecule has 0 radical (unpaired) electrons. The normalized spacial score (nSPS) is 20.2. The van der Waals surface area contributed by atoms with E-state index < -0.39 is 22.1 Å². The van der Waals surface area contributed by atoms with Crippen molar-refractivity contribution in [3.63, 3.8) is 0 Å². The third kappa shape index (κ3) is 6.66. The van der Waals surface area contributed by atoms with Gasteiger partial charge in [-0.05, 0) is 12.8 Å². The lowest BCUT2D eigenvalue weighted by Crippen LogP contribution is -2.55. The Morgan fingerprint density at radius 1 is 1.11 bits per heavy atom. The fourth-order valence-electron chi connectivity index (χ4n) is 3.61. The molecule has 28 heavy (non-hydrogen) atoms. The molecule has 2 aliphatic rings. The topological polar surface area (TPSA) is 111 Å². The Bertz CT molecular complexity index is 615. The van der Waals surface area contributed by atoms with Crippen LogP contribution in [0.4, 0.5) is 4.79 Å². The number of rotatable bonds is 8. The van der Waals surface area contributed by atoms with Gasteiger partial charge in [-0.15, -0.1) is 0 Å². The number of methoxy groups -OCH3 is 1. The number of hydrogen-bond donors (Lipinski definition) is 2. The van der Waals surface area contributed by atoms with E-state index in [9.17, 15) is 18.0 Å². The molecule has 0 aromatic heterocycles. The van der Waals surface area contributed by atoms with Crippen molar-refractivity contribution in [2.24, 2.45) is 0 Å². The zero-order chi connectivity index (χ0) is 20.6. The van der Waals surface area contributed by atoms with Crippen LogP contribution in [0.2, 0.25) is 0 Å². The van der Waals surface area contributed by atoms with Gasteiger partial charge in [0.25, 0.3) is 10.2 Å². The molecule has 3 amide bonds. The van der Waals surface area contributed by atoms with Gasteiger partial charge in [0.2, 0.25) is 5.91 Å². The van der Waals surface area contributed by atoms with Crippen LogP contribution in [0.1, 0.15) is 32.1 Å². The molecule has 162 valence electrons. The number of carbonyl (C=O) groups excluding carboxylic acids is 2. The van der Waals surface area contributed by atoms with Crippen molar-refractivity contribution < 1.29 is 22.7 Å². The van der Waals surface area contributed by atoms with Gasteiger partial charge in [-0.1, -0.05) is 19.3 Å². The highest BCUT2D eigenvalue weighted by Crippen LogP contribution is 2.25. The Hall–Kier alpha value is -1.27. The zero-order valence-electron chi connectivity index (χ0n) is 16.9. The third-order valence-corrected chi connectivity index (χ3v) is 7.37. The Morgan fingerprint density at radius 2 is 1.75 bits per heavy atom. The molecule has 2 N–H and O–H groups in total. The first kappa shape index (κ1) is 23.0. The molecule has 1 saturated heterocycles. The zero-order valence-corrected chi connectivity index (χ0v) is 17.7. The van der Waals surface area contributed by atoms with Crippen LogP contribution in [0, 0.1) is 0 Å². The van der Waals surface area contributed by atoms with Crippen LogP contribution in [-0.2, 0) is 19.7 Å². The summed E-state index contributed by atoms with van der Waals surface area (Å²) in [6.07, 6.45) is 5.17. The minimum atomic E-state index is -3.48. The van der Waals surface area contributed by atoms with Gasteiger partial charge in [-0.25, -0.2) is 4.79 Å². The van der Waals surface area contributed by atoms with E-state index >= 15 is 0 Å². The summed E-state index contributed by atoms with van der Waals surface area (Å²) in [7, 11) is -0.283. The van der Waals surface area contributed by atoms with Gasteiger partial charge in [0.1, 0.15) is 0 Å². The largest absolute Gasteiger partial charge is 0.383 e. The second kappa shape index (κ2) is 11.1. The number of urea groups is 1. The molecule has 11 heteroatoms. The molecule has 0 aromatic carbocycles. The Labute approximate surface area is 167 Å². The van der Waals surface area contributed by atoms with Gasteiger partial charge < -0.3 is 10.1 Å². The molecule has 1 aliphatic heterocycles. The number of carbonyl (C=O) groups is 2. The molecular formula is C17H33N5O5S. The van der Waals surface area contributed by atoms with Crippen LogP contribution in [0.15, 0.2) is 0 Å². The number of nitrogens with zero attached hydrogens (tertiary/aromatic N) is 3. The summed E-state index contributed by atoms with van der Waals surface area (Å²) in [5.74, 6) is -0.412. The number of nitrogens with one attached hydrogen (secondary N) is 2. The van der Waals surface area contributed by atoms with Crippen molar-refractivity contribution in [3.8, 4) is 0 Å². The van der Waals surface area contributed by atoms with Crippen LogP contribution in [0.25, 0.3) is 0 Å². The quantitative estimate of drug-likeness (QED) is 0.517. The van der Waals surface area contributed by atoms with Gasteiger partial charge >= 0.3 is 6.03 Å². The van der Waals surface area contributed by atoms with Crippen LogP contribution in [0.3, 0.4) is 0 Å².